The molecule has 0 heterocycles. The van der Waals surface area contributed by atoms with Gasteiger partial charge < -0.3 is 24.4 Å². The van der Waals surface area contributed by atoms with Crippen molar-refractivity contribution in [1.29, 1.82) is 0 Å². The van der Waals surface area contributed by atoms with Crippen molar-refractivity contribution in [2.24, 2.45) is 5.16 Å². The molecule has 3 aromatic carbocycles. The summed E-state index contributed by atoms with van der Waals surface area (Å²) in [5.41, 5.74) is 1.58. The van der Waals surface area contributed by atoms with E-state index in [1.807, 2.05) is 54.6 Å². The second-order valence-corrected chi connectivity index (χ2v) is 6.41. The first-order valence-electron chi connectivity index (χ1n) is 9.61. The van der Waals surface area contributed by atoms with Crippen molar-refractivity contribution in [3.63, 3.8) is 0 Å². The number of ether oxygens (including phenoxy) is 3. The van der Waals surface area contributed by atoms with Crippen molar-refractivity contribution in [2.45, 2.75) is 6.61 Å². The zero-order chi connectivity index (χ0) is 22.1. The zero-order valence-electron chi connectivity index (χ0n) is 17.6. The highest BCUT2D eigenvalue weighted by Gasteiger charge is 2.18. The van der Waals surface area contributed by atoms with Crippen LogP contribution in [0, 0.1) is 0 Å². The lowest BCUT2D eigenvalue weighted by Gasteiger charge is -2.13. The van der Waals surface area contributed by atoms with Gasteiger partial charge in [0.2, 0.25) is 0 Å². The predicted octanol–water partition coefficient (Wildman–Crippen LogP) is 4.16. The van der Waals surface area contributed by atoms with Crippen LogP contribution in [0.3, 0.4) is 0 Å². The summed E-state index contributed by atoms with van der Waals surface area (Å²) in [5.74, 6) is 2.23. The Morgan fingerprint density at radius 1 is 0.903 bits per heavy atom. The number of carbonyl (C=O) groups excluding carboxylic acids is 1. The molecule has 0 saturated carbocycles. The first-order valence-corrected chi connectivity index (χ1v) is 9.61. The number of carbonyl (C=O) groups is 1. The lowest BCUT2D eigenvalue weighted by molar-refractivity contribution is -0.114. The summed E-state index contributed by atoms with van der Waals surface area (Å²) in [4.78, 5) is 17.1. The lowest BCUT2D eigenvalue weighted by Crippen LogP contribution is -2.28. The average molecular weight is 420 g/mol. The standard InChI is InChI=1S/C24H24N2O5/c1-25-24(27)23(26-29-3)21-9-4-5-10-22(21)31-20-8-6-7-17(15-20)16-30-19-13-11-18(28-2)12-14-19/h4-15H,16H2,1-3H3,(H,25,27)/b26-23-. The van der Waals surface area contributed by atoms with Crippen LogP contribution in [-0.2, 0) is 16.2 Å². The topological polar surface area (TPSA) is 78.4 Å². The number of nitrogens with zero attached hydrogens (tertiary/aromatic N) is 1. The third-order valence-electron chi connectivity index (χ3n) is 4.36. The van der Waals surface area contributed by atoms with Gasteiger partial charge >= 0.3 is 0 Å². The number of hydrogen-bond acceptors (Lipinski definition) is 6. The Labute approximate surface area is 181 Å². The summed E-state index contributed by atoms with van der Waals surface area (Å²) in [7, 11) is 4.54. The van der Waals surface area contributed by atoms with E-state index in [2.05, 4.69) is 10.5 Å². The summed E-state index contributed by atoms with van der Waals surface area (Å²) in [6, 6.07) is 22.1. The van der Waals surface area contributed by atoms with Gasteiger partial charge in [-0.25, -0.2) is 0 Å². The lowest BCUT2D eigenvalue weighted by atomic mass is 10.1. The number of nitrogens with one attached hydrogen (secondary N) is 1. The molecule has 0 aliphatic rings. The van der Waals surface area contributed by atoms with Crippen LogP contribution < -0.4 is 19.5 Å². The highest BCUT2D eigenvalue weighted by atomic mass is 16.6. The molecule has 7 nitrogen and oxygen atoms in total. The fourth-order valence-electron chi connectivity index (χ4n) is 2.84. The number of amides is 1. The van der Waals surface area contributed by atoms with Gasteiger partial charge in [-0.1, -0.05) is 29.4 Å². The van der Waals surface area contributed by atoms with Crippen LogP contribution in [0.1, 0.15) is 11.1 Å². The van der Waals surface area contributed by atoms with E-state index >= 15 is 0 Å². The SMILES string of the molecule is CNC(=O)/C(=N\OC)c1ccccc1Oc1cccc(COc2ccc(OC)cc2)c1. The van der Waals surface area contributed by atoms with Gasteiger partial charge in [0, 0.05) is 7.05 Å². The Hall–Kier alpha value is -4.00. The molecule has 0 atom stereocenters. The number of methoxy groups -OCH3 is 1. The summed E-state index contributed by atoms with van der Waals surface area (Å²) in [6.07, 6.45) is 0. The third kappa shape index (κ3) is 5.76. The Morgan fingerprint density at radius 2 is 1.65 bits per heavy atom. The molecule has 160 valence electrons. The van der Waals surface area contributed by atoms with Gasteiger partial charge in [0.1, 0.15) is 36.7 Å². The van der Waals surface area contributed by atoms with E-state index in [4.69, 9.17) is 19.0 Å². The van der Waals surface area contributed by atoms with E-state index in [0.717, 1.165) is 17.1 Å². The third-order valence-corrected chi connectivity index (χ3v) is 4.36. The molecule has 1 N–H and O–H groups in total. The van der Waals surface area contributed by atoms with Gasteiger partial charge in [-0.2, -0.15) is 0 Å². The molecule has 0 saturated heterocycles. The Balaban J connectivity index is 1.76. The molecule has 0 unspecified atom stereocenters. The Morgan fingerprint density at radius 3 is 2.35 bits per heavy atom. The molecular weight excluding hydrogens is 396 g/mol. The van der Waals surface area contributed by atoms with Gasteiger partial charge in [0.15, 0.2) is 5.71 Å². The van der Waals surface area contributed by atoms with Crippen LogP contribution >= 0.6 is 0 Å². The minimum atomic E-state index is -0.375. The maximum atomic E-state index is 12.2. The molecule has 7 heteroatoms. The van der Waals surface area contributed by atoms with Crippen molar-refractivity contribution >= 4 is 11.6 Å². The predicted molar refractivity (Wildman–Crippen MR) is 118 cm³/mol. The maximum absolute atomic E-state index is 12.2. The first kappa shape index (κ1) is 21.7. The fourth-order valence-corrected chi connectivity index (χ4v) is 2.84. The fraction of sp³-hybridized carbons (Fsp3) is 0.167. The average Bonchev–Trinajstić information content (AvgIpc) is 2.82. The molecule has 0 aliphatic carbocycles. The van der Waals surface area contributed by atoms with Crippen molar-refractivity contribution in [1.82, 2.24) is 5.32 Å². The van der Waals surface area contributed by atoms with Gasteiger partial charge in [0.05, 0.1) is 12.7 Å². The van der Waals surface area contributed by atoms with Crippen LogP contribution in [-0.4, -0.2) is 32.9 Å². The number of oxime groups is 1. The highest BCUT2D eigenvalue weighted by Crippen LogP contribution is 2.27. The molecule has 3 rings (SSSR count). The van der Waals surface area contributed by atoms with Crippen LogP contribution in [0.4, 0.5) is 0 Å². The van der Waals surface area contributed by atoms with E-state index in [1.54, 1.807) is 25.3 Å². The van der Waals surface area contributed by atoms with Crippen LogP contribution in [0.2, 0.25) is 0 Å². The van der Waals surface area contributed by atoms with E-state index in [-0.39, 0.29) is 11.6 Å². The molecule has 31 heavy (non-hydrogen) atoms. The van der Waals surface area contributed by atoms with Crippen LogP contribution in [0.15, 0.2) is 78.0 Å². The van der Waals surface area contributed by atoms with Crippen LogP contribution in [0.5, 0.6) is 23.0 Å². The van der Waals surface area contributed by atoms with Gasteiger partial charge in [0.25, 0.3) is 5.91 Å². The first-order chi connectivity index (χ1) is 15.1. The van der Waals surface area contributed by atoms with E-state index in [0.29, 0.717) is 23.7 Å². The van der Waals surface area contributed by atoms with Crippen molar-refractivity contribution < 1.29 is 23.8 Å². The molecule has 0 aromatic heterocycles. The molecule has 0 fully saturated rings. The normalized spacial score (nSPS) is 10.9. The smallest absolute Gasteiger partial charge is 0.273 e. The van der Waals surface area contributed by atoms with Crippen molar-refractivity contribution in [3.05, 3.63) is 83.9 Å². The number of likely N-dealkylation sites (N-methyl/N-ethyl adjacent to an activating group) is 1. The molecule has 0 spiro atoms. The second kappa shape index (κ2) is 10.7. The number of benzene rings is 3. The summed E-state index contributed by atoms with van der Waals surface area (Å²) in [6.45, 7) is 0.375. The zero-order valence-corrected chi connectivity index (χ0v) is 17.6. The number of para-hydroxylation sites is 1. The summed E-state index contributed by atoms with van der Waals surface area (Å²) in [5, 5.41) is 6.41. The van der Waals surface area contributed by atoms with E-state index in [1.165, 1.54) is 14.2 Å². The number of hydrogen-bond donors (Lipinski definition) is 1. The van der Waals surface area contributed by atoms with Gasteiger partial charge in [-0.3, -0.25) is 4.79 Å². The van der Waals surface area contributed by atoms with Gasteiger partial charge in [-0.15, -0.1) is 0 Å². The van der Waals surface area contributed by atoms with Crippen molar-refractivity contribution in [3.8, 4) is 23.0 Å². The molecular formula is C24H24N2O5. The molecule has 0 radical (unpaired) electrons. The molecule has 1 amide bonds. The Bertz CT molecular complexity index is 1050. The monoisotopic (exact) mass is 420 g/mol. The highest BCUT2D eigenvalue weighted by molar-refractivity contribution is 6.45. The molecule has 3 aromatic rings. The largest absolute Gasteiger partial charge is 0.497 e. The van der Waals surface area contributed by atoms with E-state index < -0.39 is 0 Å². The minimum Gasteiger partial charge on any atom is -0.497 e. The summed E-state index contributed by atoms with van der Waals surface area (Å²) < 4.78 is 17.1. The number of rotatable bonds is 9. The second-order valence-electron chi connectivity index (χ2n) is 6.41. The Kier molecular flexibility index (Phi) is 7.48. The minimum absolute atomic E-state index is 0.125. The summed E-state index contributed by atoms with van der Waals surface area (Å²) >= 11 is 0. The van der Waals surface area contributed by atoms with Crippen LogP contribution in [0.25, 0.3) is 0 Å². The van der Waals surface area contributed by atoms with Crippen molar-refractivity contribution in [2.75, 3.05) is 21.3 Å². The van der Waals surface area contributed by atoms with E-state index in [9.17, 15) is 4.79 Å². The maximum Gasteiger partial charge on any atom is 0.273 e. The van der Waals surface area contributed by atoms with Gasteiger partial charge in [-0.05, 0) is 54.1 Å². The quantitative estimate of drug-likeness (QED) is 0.415. The molecule has 0 aliphatic heterocycles. The molecule has 0 bridgehead atoms.